The van der Waals surface area contributed by atoms with Gasteiger partial charge in [-0.3, -0.25) is 14.4 Å². The minimum Gasteiger partial charge on any atom is -0.378 e. The summed E-state index contributed by atoms with van der Waals surface area (Å²) >= 11 is 0. The quantitative estimate of drug-likeness (QED) is 0.899. The second-order valence-corrected chi connectivity index (χ2v) is 6.72. The van der Waals surface area contributed by atoms with E-state index in [1.807, 2.05) is 0 Å². The van der Waals surface area contributed by atoms with Crippen molar-refractivity contribution in [3.05, 3.63) is 22.4 Å². The van der Waals surface area contributed by atoms with Crippen LogP contribution in [0.5, 0.6) is 0 Å². The predicted octanol–water partition coefficient (Wildman–Crippen LogP) is 1.29. The molecule has 1 aliphatic rings. The van der Waals surface area contributed by atoms with Crippen molar-refractivity contribution in [1.82, 2.24) is 24.6 Å². The van der Waals surface area contributed by atoms with E-state index in [-0.39, 0.29) is 5.56 Å². The molecule has 0 bridgehead atoms. The molecule has 7 heteroatoms. The molecule has 0 radical (unpaired) electrons. The van der Waals surface area contributed by atoms with Crippen molar-refractivity contribution in [2.45, 2.75) is 39.3 Å². The molecule has 0 spiro atoms. The topological polar surface area (TPSA) is 76.0 Å². The number of aromatic nitrogens is 4. The molecule has 0 amide bonds. The van der Waals surface area contributed by atoms with Gasteiger partial charge in [0.1, 0.15) is 11.2 Å². The van der Waals surface area contributed by atoms with E-state index in [0.29, 0.717) is 35.4 Å². The SMILES string of the molecule is CC(C)COC1CCN(Cc2nc3c(cnn3C)c(=O)[nH]2)CC1. The monoisotopic (exact) mass is 319 g/mol. The number of ether oxygens (including phenoxy) is 1. The van der Waals surface area contributed by atoms with Gasteiger partial charge in [0.05, 0.1) is 18.8 Å². The summed E-state index contributed by atoms with van der Waals surface area (Å²) in [5.74, 6) is 1.28. The summed E-state index contributed by atoms with van der Waals surface area (Å²) in [6.07, 6.45) is 3.98. The predicted molar refractivity (Wildman–Crippen MR) is 88.2 cm³/mol. The van der Waals surface area contributed by atoms with Crippen LogP contribution < -0.4 is 5.56 Å². The van der Waals surface area contributed by atoms with Crippen molar-refractivity contribution in [3.63, 3.8) is 0 Å². The Balaban J connectivity index is 1.60. The molecule has 23 heavy (non-hydrogen) atoms. The van der Waals surface area contributed by atoms with E-state index in [9.17, 15) is 4.79 Å². The molecule has 0 saturated carbocycles. The molecule has 0 aromatic carbocycles. The Bertz CT molecular complexity index is 713. The highest BCUT2D eigenvalue weighted by atomic mass is 16.5. The van der Waals surface area contributed by atoms with Crippen molar-refractivity contribution >= 4 is 11.0 Å². The Morgan fingerprint density at radius 1 is 1.39 bits per heavy atom. The smallest absolute Gasteiger partial charge is 0.262 e. The van der Waals surface area contributed by atoms with Gasteiger partial charge in [-0.2, -0.15) is 5.10 Å². The molecule has 7 nitrogen and oxygen atoms in total. The Morgan fingerprint density at radius 3 is 2.83 bits per heavy atom. The average molecular weight is 319 g/mol. The van der Waals surface area contributed by atoms with Crippen LogP contribution in [0.3, 0.4) is 0 Å². The third-order valence-corrected chi connectivity index (χ3v) is 4.22. The summed E-state index contributed by atoms with van der Waals surface area (Å²) in [4.78, 5) is 21.8. The standard InChI is InChI=1S/C16H25N5O2/c1-11(2)10-23-12-4-6-21(7-5-12)9-14-18-15-13(16(22)19-14)8-17-20(15)3/h8,11-12H,4-7,9-10H2,1-3H3,(H,18,19,22). The summed E-state index contributed by atoms with van der Waals surface area (Å²) in [6.45, 7) is 7.77. The summed E-state index contributed by atoms with van der Waals surface area (Å²) in [5.41, 5.74) is 0.521. The zero-order valence-electron chi connectivity index (χ0n) is 14.1. The van der Waals surface area contributed by atoms with Crippen LogP contribution in [-0.2, 0) is 18.3 Å². The van der Waals surface area contributed by atoms with E-state index < -0.39 is 0 Å². The first kappa shape index (κ1) is 16.1. The molecule has 1 saturated heterocycles. The largest absolute Gasteiger partial charge is 0.378 e. The highest BCUT2D eigenvalue weighted by molar-refractivity contribution is 5.72. The molecule has 3 heterocycles. The first-order chi connectivity index (χ1) is 11.0. The number of hydrogen-bond acceptors (Lipinski definition) is 5. The van der Waals surface area contributed by atoms with E-state index in [2.05, 4.69) is 33.8 Å². The average Bonchev–Trinajstić information content (AvgIpc) is 2.89. The second kappa shape index (κ2) is 6.80. The molecule has 2 aromatic rings. The van der Waals surface area contributed by atoms with Gasteiger partial charge in [0, 0.05) is 26.7 Å². The van der Waals surface area contributed by atoms with Crippen LogP contribution in [0.2, 0.25) is 0 Å². The number of aromatic amines is 1. The lowest BCUT2D eigenvalue weighted by Gasteiger charge is -2.31. The number of fused-ring (bicyclic) bond motifs is 1. The maximum atomic E-state index is 12.1. The zero-order valence-corrected chi connectivity index (χ0v) is 14.1. The van der Waals surface area contributed by atoms with Gasteiger partial charge in [-0.05, 0) is 18.8 Å². The Kier molecular flexibility index (Phi) is 4.77. The fourth-order valence-electron chi connectivity index (χ4n) is 2.93. The molecule has 0 aliphatic carbocycles. The van der Waals surface area contributed by atoms with Gasteiger partial charge in [-0.15, -0.1) is 0 Å². The van der Waals surface area contributed by atoms with Crippen LogP contribution in [0.1, 0.15) is 32.5 Å². The molecule has 1 aliphatic heterocycles. The number of nitrogens with zero attached hydrogens (tertiary/aromatic N) is 4. The molecule has 1 fully saturated rings. The Morgan fingerprint density at radius 2 is 2.13 bits per heavy atom. The molecule has 0 atom stereocenters. The summed E-state index contributed by atoms with van der Waals surface area (Å²) in [5, 5.41) is 4.63. The van der Waals surface area contributed by atoms with Gasteiger partial charge >= 0.3 is 0 Å². The normalized spacial score (nSPS) is 17.4. The van der Waals surface area contributed by atoms with Gasteiger partial charge in [0.2, 0.25) is 0 Å². The van der Waals surface area contributed by atoms with Gasteiger partial charge in [-0.25, -0.2) is 4.98 Å². The lowest BCUT2D eigenvalue weighted by Crippen LogP contribution is -2.37. The van der Waals surface area contributed by atoms with E-state index in [1.54, 1.807) is 17.9 Å². The molecule has 0 unspecified atom stereocenters. The highest BCUT2D eigenvalue weighted by Gasteiger charge is 2.21. The fraction of sp³-hybridized carbons (Fsp3) is 0.688. The van der Waals surface area contributed by atoms with Crippen molar-refractivity contribution in [2.24, 2.45) is 13.0 Å². The van der Waals surface area contributed by atoms with Crippen LogP contribution in [0.4, 0.5) is 0 Å². The van der Waals surface area contributed by atoms with E-state index in [4.69, 9.17) is 4.74 Å². The van der Waals surface area contributed by atoms with E-state index >= 15 is 0 Å². The van der Waals surface area contributed by atoms with Gasteiger partial charge < -0.3 is 9.72 Å². The lowest BCUT2D eigenvalue weighted by atomic mass is 10.1. The number of rotatable bonds is 5. The van der Waals surface area contributed by atoms with Crippen LogP contribution in [0.25, 0.3) is 11.0 Å². The minimum atomic E-state index is -0.117. The van der Waals surface area contributed by atoms with Crippen LogP contribution in [-0.4, -0.2) is 50.4 Å². The van der Waals surface area contributed by atoms with Crippen LogP contribution in [0.15, 0.2) is 11.0 Å². The van der Waals surface area contributed by atoms with Crippen molar-refractivity contribution in [1.29, 1.82) is 0 Å². The van der Waals surface area contributed by atoms with Crippen molar-refractivity contribution < 1.29 is 4.74 Å². The zero-order chi connectivity index (χ0) is 16.4. The number of nitrogens with one attached hydrogen (secondary N) is 1. The number of hydrogen-bond donors (Lipinski definition) is 1. The van der Waals surface area contributed by atoms with Gasteiger partial charge in [0.25, 0.3) is 5.56 Å². The maximum Gasteiger partial charge on any atom is 0.262 e. The van der Waals surface area contributed by atoms with Gasteiger partial charge in [0.15, 0.2) is 5.65 Å². The van der Waals surface area contributed by atoms with Gasteiger partial charge in [-0.1, -0.05) is 13.8 Å². The first-order valence-corrected chi connectivity index (χ1v) is 8.28. The molecular formula is C16H25N5O2. The highest BCUT2D eigenvalue weighted by Crippen LogP contribution is 2.16. The van der Waals surface area contributed by atoms with E-state index in [1.165, 1.54) is 0 Å². The number of likely N-dealkylation sites (tertiary alicyclic amines) is 1. The Hall–Kier alpha value is -1.73. The molecule has 2 aromatic heterocycles. The minimum absolute atomic E-state index is 0.117. The number of aryl methyl sites for hydroxylation is 1. The third-order valence-electron chi connectivity index (χ3n) is 4.22. The summed E-state index contributed by atoms with van der Waals surface area (Å²) in [6, 6.07) is 0. The van der Waals surface area contributed by atoms with Crippen molar-refractivity contribution in [3.8, 4) is 0 Å². The Labute approximate surface area is 135 Å². The second-order valence-electron chi connectivity index (χ2n) is 6.72. The number of piperidine rings is 1. The molecule has 3 rings (SSSR count). The molecular weight excluding hydrogens is 294 g/mol. The van der Waals surface area contributed by atoms with Crippen molar-refractivity contribution in [2.75, 3.05) is 19.7 Å². The molecule has 126 valence electrons. The third kappa shape index (κ3) is 3.79. The van der Waals surface area contributed by atoms with Crippen LogP contribution >= 0.6 is 0 Å². The number of H-pyrrole nitrogens is 1. The lowest BCUT2D eigenvalue weighted by molar-refractivity contribution is -0.00624. The summed E-state index contributed by atoms with van der Waals surface area (Å²) < 4.78 is 7.55. The maximum absolute atomic E-state index is 12.1. The first-order valence-electron chi connectivity index (χ1n) is 8.28. The van der Waals surface area contributed by atoms with E-state index in [0.717, 1.165) is 32.5 Å². The fourth-order valence-corrected chi connectivity index (χ4v) is 2.93. The molecule has 1 N–H and O–H groups in total. The van der Waals surface area contributed by atoms with Crippen LogP contribution in [0, 0.1) is 5.92 Å². The summed E-state index contributed by atoms with van der Waals surface area (Å²) in [7, 11) is 1.80.